The van der Waals surface area contributed by atoms with Crippen LogP contribution in [0.5, 0.6) is 0 Å². The van der Waals surface area contributed by atoms with Crippen molar-refractivity contribution in [2.24, 2.45) is 0 Å². The maximum Gasteiger partial charge on any atom is 0.254 e. The third-order valence-corrected chi connectivity index (χ3v) is 4.17. The number of nitrogens with zero attached hydrogens (tertiary/aromatic N) is 2. The Morgan fingerprint density at radius 3 is 2.81 bits per heavy atom. The number of amides is 1. The first-order valence-corrected chi connectivity index (χ1v) is 7.45. The van der Waals surface area contributed by atoms with Crippen molar-refractivity contribution in [3.63, 3.8) is 0 Å². The molecule has 110 valence electrons. The van der Waals surface area contributed by atoms with E-state index < -0.39 is 0 Å². The van der Waals surface area contributed by atoms with E-state index in [4.69, 9.17) is 16.3 Å². The van der Waals surface area contributed by atoms with E-state index in [1.54, 1.807) is 11.0 Å². The predicted octanol–water partition coefficient (Wildman–Crippen LogP) is 3.14. The fraction of sp³-hybridized carbons (Fsp3) is 0.375. The van der Waals surface area contributed by atoms with Crippen LogP contribution in [0.3, 0.4) is 0 Å². The highest BCUT2D eigenvalue weighted by Crippen LogP contribution is 2.24. The maximum absolute atomic E-state index is 12.8. The van der Waals surface area contributed by atoms with Gasteiger partial charge < -0.3 is 9.64 Å². The summed E-state index contributed by atoms with van der Waals surface area (Å²) in [4.78, 5) is 18.9. The van der Waals surface area contributed by atoms with E-state index in [1.807, 2.05) is 31.3 Å². The molecule has 1 saturated heterocycles. The molecule has 21 heavy (non-hydrogen) atoms. The molecule has 0 atom stereocenters. The summed E-state index contributed by atoms with van der Waals surface area (Å²) in [5, 5.41) is 1.18. The summed E-state index contributed by atoms with van der Waals surface area (Å²) in [5.74, 6) is -0.0117. The third-order valence-electron chi connectivity index (χ3n) is 3.97. The smallest absolute Gasteiger partial charge is 0.254 e. The van der Waals surface area contributed by atoms with Gasteiger partial charge in [0.25, 0.3) is 5.91 Å². The fourth-order valence-electron chi connectivity index (χ4n) is 2.75. The number of carbonyl (C=O) groups excluding carboxylic acids is 1. The zero-order valence-corrected chi connectivity index (χ0v) is 12.6. The van der Waals surface area contributed by atoms with Crippen molar-refractivity contribution in [2.75, 3.05) is 20.3 Å². The van der Waals surface area contributed by atoms with Crippen LogP contribution in [-0.4, -0.2) is 42.1 Å². The highest BCUT2D eigenvalue weighted by atomic mass is 35.5. The van der Waals surface area contributed by atoms with Crippen LogP contribution in [-0.2, 0) is 4.74 Å². The second kappa shape index (κ2) is 6.00. The number of para-hydroxylation sites is 1. The van der Waals surface area contributed by atoms with Crippen molar-refractivity contribution in [3.05, 3.63) is 41.0 Å². The number of benzene rings is 1. The molecule has 1 aromatic carbocycles. The van der Waals surface area contributed by atoms with Crippen LogP contribution in [0.2, 0.25) is 5.15 Å². The van der Waals surface area contributed by atoms with E-state index in [-0.39, 0.29) is 11.9 Å². The van der Waals surface area contributed by atoms with Gasteiger partial charge in [-0.2, -0.15) is 0 Å². The first-order chi connectivity index (χ1) is 10.2. The van der Waals surface area contributed by atoms with Gasteiger partial charge in [0, 0.05) is 31.7 Å². The number of hydrogen-bond acceptors (Lipinski definition) is 3. The maximum atomic E-state index is 12.8. The standard InChI is InChI=1S/C16H17ClN2O2/c1-19(11-6-8-21-9-7-11)16(20)13-10-15(17)18-14-5-3-2-4-12(13)14/h2-5,10-11H,6-9H2,1H3. The van der Waals surface area contributed by atoms with Gasteiger partial charge in [-0.1, -0.05) is 29.8 Å². The molecule has 3 rings (SSSR count). The molecule has 1 aromatic heterocycles. The lowest BCUT2D eigenvalue weighted by Gasteiger charge is -2.31. The van der Waals surface area contributed by atoms with Gasteiger partial charge in [-0.15, -0.1) is 0 Å². The van der Waals surface area contributed by atoms with Crippen LogP contribution >= 0.6 is 11.6 Å². The normalized spacial score (nSPS) is 16.1. The van der Waals surface area contributed by atoms with E-state index in [1.165, 1.54) is 0 Å². The number of fused-ring (bicyclic) bond motifs is 1. The number of aromatic nitrogens is 1. The molecule has 1 aliphatic heterocycles. The number of pyridine rings is 1. The average Bonchev–Trinajstić information content (AvgIpc) is 2.53. The van der Waals surface area contributed by atoms with Crippen molar-refractivity contribution in [3.8, 4) is 0 Å². The number of rotatable bonds is 2. The molecule has 1 amide bonds. The molecule has 1 fully saturated rings. The van der Waals surface area contributed by atoms with Gasteiger partial charge in [0.15, 0.2) is 0 Å². The Balaban J connectivity index is 1.97. The van der Waals surface area contributed by atoms with Crippen molar-refractivity contribution < 1.29 is 9.53 Å². The Labute approximate surface area is 128 Å². The van der Waals surface area contributed by atoms with E-state index >= 15 is 0 Å². The lowest BCUT2D eigenvalue weighted by Crippen LogP contribution is -2.40. The van der Waals surface area contributed by atoms with E-state index in [2.05, 4.69) is 4.98 Å². The van der Waals surface area contributed by atoms with Gasteiger partial charge in [-0.3, -0.25) is 4.79 Å². The number of halogens is 1. The summed E-state index contributed by atoms with van der Waals surface area (Å²) >= 11 is 6.06. The molecule has 0 bridgehead atoms. The summed E-state index contributed by atoms with van der Waals surface area (Å²) in [6.45, 7) is 1.42. The highest BCUT2D eigenvalue weighted by molar-refractivity contribution is 6.30. The van der Waals surface area contributed by atoms with Crippen LogP contribution in [0, 0.1) is 0 Å². The minimum Gasteiger partial charge on any atom is -0.381 e. The van der Waals surface area contributed by atoms with Crippen LogP contribution in [0.1, 0.15) is 23.2 Å². The van der Waals surface area contributed by atoms with Crippen LogP contribution in [0.15, 0.2) is 30.3 Å². The molecule has 0 aliphatic carbocycles. The zero-order chi connectivity index (χ0) is 14.8. The molecule has 4 nitrogen and oxygen atoms in total. The quantitative estimate of drug-likeness (QED) is 0.801. The first-order valence-electron chi connectivity index (χ1n) is 7.07. The fourth-order valence-corrected chi connectivity index (χ4v) is 2.95. The van der Waals surface area contributed by atoms with E-state index in [9.17, 15) is 4.79 Å². The van der Waals surface area contributed by atoms with Crippen molar-refractivity contribution >= 4 is 28.4 Å². The van der Waals surface area contributed by atoms with E-state index in [0.29, 0.717) is 23.9 Å². The lowest BCUT2D eigenvalue weighted by atomic mass is 10.0. The van der Waals surface area contributed by atoms with Crippen LogP contribution < -0.4 is 0 Å². The zero-order valence-electron chi connectivity index (χ0n) is 11.9. The third kappa shape index (κ3) is 2.87. The second-order valence-corrected chi connectivity index (χ2v) is 5.66. The summed E-state index contributed by atoms with van der Waals surface area (Å²) in [7, 11) is 1.85. The minimum atomic E-state index is -0.0117. The van der Waals surface area contributed by atoms with Crippen molar-refractivity contribution in [1.29, 1.82) is 0 Å². The molecule has 0 unspecified atom stereocenters. The lowest BCUT2D eigenvalue weighted by molar-refractivity contribution is 0.0363. The molecular formula is C16H17ClN2O2. The number of ether oxygens (including phenoxy) is 1. The molecule has 0 N–H and O–H groups in total. The van der Waals surface area contributed by atoms with Gasteiger partial charge >= 0.3 is 0 Å². The Morgan fingerprint density at radius 1 is 1.33 bits per heavy atom. The topological polar surface area (TPSA) is 42.4 Å². The van der Waals surface area contributed by atoms with Gasteiger partial charge in [-0.25, -0.2) is 4.98 Å². The monoisotopic (exact) mass is 304 g/mol. The first kappa shape index (κ1) is 14.3. The molecule has 2 heterocycles. The van der Waals surface area contributed by atoms with Crippen LogP contribution in [0.4, 0.5) is 0 Å². The summed E-state index contributed by atoms with van der Waals surface area (Å²) in [5.41, 5.74) is 1.35. The van der Waals surface area contributed by atoms with E-state index in [0.717, 1.165) is 23.7 Å². The van der Waals surface area contributed by atoms with Gasteiger partial charge in [0.2, 0.25) is 0 Å². The Hall–Kier alpha value is -1.65. The van der Waals surface area contributed by atoms with Crippen molar-refractivity contribution in [1.82, 2.24) is 9.88 Å². The Kier molecular flexibility index (Phi) is 4.08. The molecule has 0 spiro atoms. The summed E-state index contributed by atoms with van der Waals surface area (Å²) in [6, 6.07) is 9.45. The Bertz CT molecular complexity index is 668. The summed E-state index contributed by atoms with van der Waals surface area (Å²) in [6.07, 6.45) is 1.75. The minimum absolute atomic E-state index is 0.0117. The van der Waals surface area contributed by atoms with Crippen LogP contribution in [0.25, 0.3) is 10.9 Å². The second-order valence-electron chi connectivity index (χ2n) is 5.27. The molecule has 1 aliphatic rings. The highest BCUT2D eigenvalue weighted by Gasteiger charge is 2.24. The SMILES string of the molecule is CN(C(=O)c1cc(Cl)nc2ccccc12)C1CCOCC1. The largest absolute Gasteiger partial charge is 0.381 e. The number of hydrogen-bond donors (Lipinski definition) is 0. The van der Waals surface area contributed by atoms with Crippen molar-refractivity contribution in [2.45, 2.75) is 18.9 Å². The molecule has 2 aromatic rings. The van der Waals surface area contributed by atoms with Gasteiger partial charge in [-0.05, 0) is 25.0 Å². The molecular weight excluding hydrogens is 288 g/mol. The average molecular weight is 305 g/mol. The molecule has 0 saturated carbocycles. The number of carbonyl (C=O) groups is 1. The van der Waals surface area contributed by atoms with Gasteiger partial charge in [0.05, 0.1) is 11.1 Å². The summed E-state index contributed by atoms with van der Waals surface area (Å²) < 4.78 is 5.36. The van der Waals surface area contributed by atoms with Gasteiger partial charge in [0.1, 0.15) is 5.15 Å². The predicted molar refractivity (Wildman–Crippen MR) is 82.7 cm³/mol. The molecule has 5 heteroatoms. The molecule has 0 radical (unpaired) electrons. The Morgan fingerprint density at radius 2 is 2.05 bits per heavy atom.